The highest BCUT2D eigenvalue weighted by Crippen LogP contribution is 2.34. The second-order valence-corrected chi connectivity index (χ2v) is 4.23. The Kier molecular flexibility index (Phi) is 2.73. The van der Waals surface area contributed by atoms with Crippen LogP contribution in [-0.2, 0) is 11.2 Å². The molecule has 0 radical (unpaired) electrons. The number of nitro groups is 1. The molecule has 16 heavy (non-hydrogen) atoms. The molecule has 0 aliphatic heterocycles. The number of aryl methyl sites for hydroxylation is 2. The highest BCUT2D eigenvalue weighted by molar-refractivity contribution is 5.66. The Bertz CT molecular complexity index is 454. The zero-order chi connectivity index (χ0) is 11.7. The number of benzene rings is 1. The SMILES string of the molecule is Cc1cc2c(cc1[N+](=O)[O-])C(C=O)CCC2. The summed E-state index contributed by atoms with van der Waals surface area (Å²) in [5.41, 5.74) is 2.73. The maximum absolute atomic E-state index is 10.9. The molecule has 84 valence electrons. The first-order valence-electron chi connectivity index (χ1n) is 5.36. The minimum absolute atomic E-state index is 0.118. The van der Waals surface area contributed by atoms with Gasteiger partial charge in [-0.2, -0.15) is 0 Å². The maximum Gasteiger partial charge on any atom is 0.272 e. The van der Waals surface area contributed by atoms with Crippen molar-refractivity contribution in [3.8, 4) is 0 Å². The highest BCUT2D eigenvalue weighted by Gasteiger charge is 2.23. The van der Waals surface area contributed by atoms with Gasteiger partial charge >= 0.3 is 0 Å². The highest BCUT2D eigenvalue weighted by atomic mass is 16.6. The van der Waals surface area contributed by atoms with E-state index < -0.39 is 0 Å². The lowest BCUT2D eigenvalue weighted by Gasteiger charge is -2.21. The van der Waals surface area contributed by atoms with E-state index in [-0.39, 0.29) is 16.5 Å². The number of hydrogen-bond acceptors (Lipinski definition) is 3. The summed E-state index contributed by atoms with van der Waals surface area (Å²) in [5.74, 6) is -0.164. The Hall–Kier alpha value is -1.71. The van der Waals surface area contributed by atoms with Crippen molar-refractivity contribution in [3.05, 3.63) is 38.9 Å². The molecule has 1 aliphatic rings. The molecule has 1 unspecified atom stereocenters. The number of hydrogen-bond donors (Lipinski definition) is 0. The molecule has 0 fully saturated rings. The van der Waals surface area contributed by atoms with Gasteiger partial charge < -0.3 is 4.79 Å². The minimum Gasteiger partial charge on any atom is -0.303 e. The van der Waals surface area contributed by atoms with Crippen molar-refractivity contribution < 1.29 is 9.72 Å². The number of fused-ring (bicyclic) bond motifs is 1. The van der Waals surface area contributed by atoms with Crippen molar-refractivity contribution in [3.63, 3.8) is 0 Å². The molecule has 1 atom stereocenters. The average molecular weight is 219 g/mol. The zero-order valence-corrected chi connectivity index (χ0v) is 9.10. The van der Waals surface area contributed by atoms with Gasteiger partial charge in [-0.1, -0.05) is 0 Å². The number of aldehydes is 1. The molecule has 4 heteroatoms. The van der Waals surface area contributed by atoms with Crippen LogP contribution in [0.15, 0.2) is 12.1 Å². The van der Waals surface area contributed by atoms with Crippen LogP contribution in [0, 0.1) is 17.0 Å². The third-order valence-corrected chi connectivity index (χ3v) is 3.18. The Balaban J connectivity index is 2.56. The maximum atomic E-state index is 10.9. The molecular formula is C12H13NO3. The fourth-order valence-corrected chi connectivity index (χ4v) is 2.34. The van der Waals surface area contributed by atoms with Crippen molar-refractivity contribution in [2.45, 2.75) is 32.1 Å². The molecule has 0 spiro atoms. The Morgan fingerprint density at radius 3 is 2.88 bits per heavy atom. The van der Waals surface area contributed by atoms with Gasteiger partial charge in [-0.25, -0.2) is 0 Å². The van der Waals surface area contributed by atoms with Crippen LogP contribution in [0.4, 0.5) is 5.69 Å². The predicted molar refractivity (Wildman–Crippen MR) is 59.6 cm³/mol. The second-order valence-electron chi connectivity index (χ2n) is 4.23. The summed E-state index contributed by atoms with van der Waals surface area (Å²) in [5, 5.41) is 10.8. The van der Waals surface area contributed by atoms with Gasteiger partial charge in [-0.05, 0) is 43.4 Å². The van der Waals surface area contributed by atoms with E-state index in [0.717, 1.165) is 36.7 Å². The fourth-order valence-electron chi connectivity index (χ4n) is 2.34. The van der Waals surface area contributed by atoms with E-state index in [4.69, 9.17) is 0 Å². The van der Waals surface area contributed by atoms with E-state index in [1.807, 2.05) is 6.07 Å². The molecule has 0 saturated carbocycles. The molecule has 4 nitrogen and oxygen atoms in total. The molecule has 1 aliphatic carbocycles. The summed E-state index contributed by atoms with van der Waals surface area (Å²) < 4.78 is 0. The topological polar surface area (TPSA) is 60.2 Å². The van der Waals surface area contributed by atoms with Crippen LogP contribution in [0.25, 0.3) is 0 Å². The first-order valence-corrected chi connectivity index (χ1v) is 5.36. The summed E-state index contributed by atoms with van der Waals surface area (Å²) in [6.07, 6.45) is 3.60. The number of rotatable bonds is 2. The van der Waals surface area contributed by atoms with Crippen molar-refractivity contribution in [1.29, 1.82) is 0 Å². The lowest BCUT2D eigenvalue weighted by Crippen LogP contribution is -2.12. The molecular weight excluding hydrogens is 206 g/mol. The third-order valence-electron chi connectivity index (χ3n) is 3.18. The first kappa shape index (κ1) is 10.8. The number of nitrogens with zero attached hydrogens (tertiary/aromatic N) is 1. The van der Waals surface area contributed by atoms with Crippen LogP contribution in [0.5, 0.6) is 0 Å². The van der Waals surface area contributed by atoms with Crippen LogP contribution in [0.2, 0.25) is 0 Å². The van der Waals surface area contributed by atoms with E-state index in [9.17, 15) is 14.9 Å². The molecule has 1 aromatic carbocycles. The van der Waals surface area contributed by atoms with Crippen molar-refractivity contribution in [2.24, 2.45) is 0 Å². The Labute approximate surface area is 93.4 Å². The van der Waals surface area contributed by atoms with Gasteiger partial charge in [0.2, 0.25) is 0 Å². The quantitative estimate of drug-likeness (QED) is 0.436. The summed E-state index contributed by atoms with van der Waals surface area (Å²) in [4.78, 5) is 21.4. The smallest absolute Gasteiger partial charge is 0.272 e. The largest absolute Gasteiger partial charge is 0.303 e. The molecule has 0 aromatic heterocycles. The number of carbonyl (C=O) groups excluding carboxylic acids is 1. The summed E-state index contributed by atoms with van der Waals surface area (Å²) in [6.45, 7) is 1.74. The summed E-state index contributed by atoms with van der Waals surface area (Å²) >= 11 is 0. The molecule has 1 aromatic rings. The number of carbonyl (C=O) groups is 1. The van der Waals surface area contributed by atoms with Gasteiger partial charge in [0.05, 0.1) is 4.92 Å². The van der Waals surface area contributed by atoms with Crippen LogP contribution >= 0.6 is 0 Å². The van der Waals surface area contributed by atoms with Gasteiger partial charge in [0.25, 0.3) is 5.69 Å². The van der Waals surface area contributed by atoms with Crippen LogP contribution in [-0.4, -0.2) is 11.2 Å². The molecule has 0 amide bonds. The average Bonchev–Trinajstić information content (AvgIpc) is 2.26. The third kappa shape index (κ3) is 1.71. The first-order chi connectivity index (χ1) is 7.63. The van der Waals surface area contributed by atoms with Crippen molar-refractivity contribution >= 4 is 12.0 Å². The lowest BCUT2D eigenvalue weighted by molar-refractivity contribution is -0.385. The Morgan fingerprint density at radius 2 is 2.25 bits per heavy atom. The van der Waals surface area contributed by atoms with Crippen LogP contribution in [0.1, 0.15) is 35.4 Å². The van der Waals surface area contributed by atoms with Crippen LogP contribution in [0.3, 0.4) is 0 Å². The van der Waals surface area contributed by atoms with Gasteiger partial charge in [0, 0.05) is 17.5 Å². The van der Waals surface area contributed by atoms with E-state index in [2.05, 4.69) is 0 Å². The van der Waals surface area contributed by atoms with Gasteiger partial charge in [-0.15, -0.1) is 0 Å². The normalized spacial score (nSPS) is 18.9. The zero-order valence-electron chi connectivity index (χ0n) is 9.10. The summed E-state index contributed by atoms with van der Waals surface area (Å²) in [7, 11) is 0. The van der Waals surface area contributed by atoms with Gasteiger partial charge in [0.15, 0.2) is 0 Å². The van der Waals surface area contributed by atoms with E-state index >= 15 is 0 Å². The fraction of sp³-hybridized carbons (Fsp3) is 0.417. The molecule has 0 bridgehead atoms. The van der Waals surface area contributed by atoms with Crippen LogP contribution < -0.4 is 0 Å². The van der Waals surface area contributed by atoms with Crippen molar-refractivity contribution in [2.75, 3.05) is 0 Å². The number of nitro benzene ring substituents is 1. The molecule has 2 rings (SSSR count). The second kappa shape index (κ2) is 4.04. The Morgan fingerprint density at radius 1 is 1.50 bits per heavy atom. The van der Waals surface area contributed by atoms with E-state index in [0.29, 0.717) is 5.56 Å². The predicted octanol–water partition coefficient (Wildman–Crippen LogP) is 2.52. The summed E-state index contributed by atoms with van der Waals surface area (Å²) in [6, 6.07) is 3.42. The van der Waals surface area contributed by atoms with Gasteiger partial charge in [-0.3, -0.25) is 10.1 Å². The van der Waals surface area contributed by atoms with E-state index in [1.165, 1.54) is 0 Å². The lowest BCUT2D eigenvalue weighted by atomic mass is 9.82. The van der Waals surface area contributed by atoms with E-state index in [1.54, 1.807) is 13.0 Å². The van der Waals surface area contributed by atoms with Crippen molar-refractivity contribution in [1.82, 2.24) is 0 Å². The van der Waals surface area contributed by atoms with Gasteiger partial charge in [0.1, 0.15) is 6.29 Å². The standard InChI is InChI=1S/C12H13NO3/c1-8-5-9-3-2-4-10(7-14)11(9)6-12(8)13(15)16/h5-7,10H,2-4H2,1H3. The minimum atomic E-state index is -0.383. The monoisotopic (exact) mass is 219 g/mol. The molecule has 0 saturated heterocycles. The molecule has 0 N–H and O–H groups in total. The molecule has 0 heterocycles.